The Labute approximate surface area is 221 Å². The number of phenolic OH excluding ortho intramolecular Hbond substituents is 2. The van der Waals surface area contributed by atoms with Crippen molar-refractivity contribution in [2.24, 2.45) is 0 Å². The molecule has 3 aromatic rings. The van der Waals surface area contributed by atoms with E-state index in [1.54, 1.807) is 13.0 Å². The summed E-state index contributed by atoms with van der Waals surface area (Å²) in [6, 6.07) is 8.72. The smallest absolute Gasteiger partial charge is 0.275 e. The summed E-state index contributed by atoms with van der Waals surface area (Å²) in [5.74, 6) is -1.06. The van der Waals surface area contributed by atoms with Crippen molar-refractivity contribution in [2.45, 2.75) is 58.9 Å². The van der Waals surface area contributed by atoms with Crippen molar-refractivity contribution >= 4 is 17.5 Å². The predicted molar refractivity (Wildman–Crippen MR) is 131 cm³/mol. The van der Waals surface area contributed by atoms with Gasteiger partial charge in [-0.05, 0) is 37.3 Å². The van der Waals surface area contributed by atoms with Gasteiger partial charge in [0.25, 0.3) is 5.91 Å². The van der Waals surface area contributed by atoms with Crippen molar-refractivity contribution in [2.75, 3.05) is 11.9 Å². The van der Waals surface area contributed by atoms with Gasteiger partial charge in [-0.3, -0.25) is 9.59 Å². The summed E-state index contributed by atoms with van der Waals surface area (Å²) >= 11 is 0. The minimum absolute atomic E-state index is 0. The van der Waals surface area contributed by atoms with Crippen molar-refractivity contribution in [1.29, 1.82) is 0 Å². The van der Waals surface area contributed by atoms with Crippen LogP contribution in [0.3, 0.4) is 0 Å². The molecule has 0 spiro atoms. The number of phenols is 2. The fourth-order valence-corrected chi connectivity index (χ4v) is 3.77. The van der Waals surface area contributed by atoms with E-state index in [4.69, 9.17) is 4.52 Å². The maximum Gasteiger partial charge on any atom is 0.275 e. The minimum atomic E-state index is -0.500. The van der Waals surface area contributed by atoms with Crippen LogP contribution < -0.4 is 32.2 Å². The number of hydrogen-bond acceptors (Lipinski definition) is 6. The Balaban J connectivity index is 0.00000456. The minimum Gasteiger partial charge on any atom is -1.00 e. The number of aromatic hydroxyl groups is 2. The van der Waals surface area contributed by atoms with E-state index in [1.807, 2.05) is 44.4 Å². The van der Waals surface area contributed by atoms with E-state index in [1.165, 1.54) is 6.07 Å². The largest absolute Gasteiger partial charge is 1.00 e. The number of amides is 2. The fourth-order valence-electron chi connectivity index (χ4n) is 3.77. The molecular weight excluding hydrogens is 528 g/mol. The number of hydrogen-bond donors (Lipinski definition) is 4. The average Bonchev–Trinajstić information content (AvgIpc) is 3.22. The highest BCUT2D eigenvalue weighted by Crippen LogP contribution is 2.41. The molecule has 2 heterocycles. The molecule has 0 atom stereocenters. The molecule has 0 fully saturated rings. The quantitative estimate of drug-likeness (QED) is 0.205. The molecule has 0 aliphatic heterocycles. The van der Waals surface area contributed by atoms with Gasteiger partial charge in [0.2, 0.25) is 5.91 Å². The number of rotatable bonds is 11. The third kappa shape index (κ3) is 7.30. The molecule has 0 bridgehead atoms. The second-order valence-corrected chi connectivity index (χ2v) is 8.65. The second-order valence-electron chi connectivity index (χ2n) is 8.65. The van der Waals surface area contributed by atoms with Gasteiger partial charge in [0, 0.05) is 37.6 Å². The summed E-state index contributed by atoms with van der Waals surface area (Å²) in [6.45, 7) is 6.81. The number of anilines is 1. The van der Waals surface area contributed by atoms with E-state index in [2.05, 4.69) is 20.4 Å². The van der Waals surface area contributed by atoms with Crippen LogP contribution in [0.25, 0.3) is 11.3 Å². The summed E-state index contributed by atoms with van der Waals surface area (Å²) < 4.78 is 7.52. The average molecular weight is 561 g/mol. The maximum absolute atomic E-state index is 12.8. The first-order chi connectivity index (χ1) is 16.8. The third-order valence-electron chi connectivity index (χ3n) is 5.62. The predicted octanol–water partition coefficient (Wildman–Crippen LogP) is 1.12. The van der Waals surface area contributed by atoms with Gasteiger partial charge < -0.3 is 42.4 Å². The number of nitrogens with one attached hydrogen (secondary N) is 2. The molecule has 0 saturated heterocycles. The summed E-state index contributed by atoms with van der Waals surface area (Å²) in [5, 5.41) is 30.0. The van der Waals surface area contributed by atoms with Crippen LogP contribution in [0.4, 0.5) is 5.69 Å². The number of benzene rings is 1. The zero-order chi connectivity index (χ0) is 25.4. The van der Waals surface area contributed by atoms with Gasteiger partial charge in [-0.2, -0.15) is 0 Å². The molecule has 36 heavy (non-hydrogen) atoms. The highest BCUT2D eigenvalue weighted by Gasteiger charge is 2.27. The van der Waals surface area contributed by atoms with Crippen LogP contribution in [0.5, 0.6) is 11.5 Å². The number of pyridine rings is 1. The number of nitrogens with zero attached hydrogens (tertiary/aromatic N) is 2. The number of carbonyl (C=O) groups is 2. The SMILES string of the molecule is CCNC(=O)c1noc(-c2cc(C(C)C)c(O)cc2O)c1NC(=O)CCCCC[n+]1ccccc1.[Br-]. The molecule has 1 aromatic carbocycles. The first-order valence-corrected chi connectivity index (χ1v) is 11.9. The molecule has 10 heteroatoms. The van der Waals surface area contributed by atoms with Crippen LogP contribution in [-0.4, -0.2) is 33.7 Å². The number of unbranched alkanes of at least 4 members (excludes halogenated alkanes) is 2. The van der Waals surface area contributed by atoms with Crippen molar-refractivity contribution in [1.82, 2.24) is 10.5 Å². The first kappa shape index (κ1) is 28.8. The monoisotopic (exact) mass is 560 g/mol. The molecule has 2 aromatic heterocycles. The number of aryl methyl sites for hydroxylation is 1. The molecule has 4 N–H and O–H groups in total. The topological polar surface area (TPSA) is 129 Å². The van der Waals surface area contributed by atoms with E-state index in [0.717, 1.165) is 19.4 Å². The van der Waals surface area contributed by atoms with Crippen molar-refractivity contribution in [3.05, 3.63) is 54.0 Å². The van der Waals surface area contributed by atoms with Gasteiger partial charge in [0.05, 0.1) is 5.56 Å². The molecule has 0 saturated carbocycles. The van der Waals surface area contributed by atoms with Crippen molar-refractivity contribution < 1.29 is 45.9 Å². The lowest BCUT2D eigenvalue weighted by molar-refractivity contribution is -0.697. The molecule has 0 aliphatic carbocycles. The van der Waals surface area contributed by atoms with Gasteiger partial charge in [-0.15, -0.1) is 0 Å². The Bertz CT molecular complexity index is 1160. The maximum atomic E-state index is 12.8. The molecule has 3 rings (SSSR count). The zero-order valence-corrected chi connectivity index (χ0v) is 22.3. The van der Waals surface area contributed by atoms with Crippen LogP contribution in [0, 0.1) is 0 Å². The lowest BCUT2D eigenvalue weighted by Gasteiger charge is -2.12. The lowest BCUT2D eigenvalue weighted by Crippen LogP contribution is -3.00. The van der Waals surface area contributed by atoms with Gasteiger partial charge in [-0.1, -0.05) is 25.1 Å². The van der Waals surface area contributed by atoms with Gasteiger partial charge in [-0.25, -0.2) is 4.57 Å². The number of aromatic nitrogens is 2. The molecule has 0 radical (unpaired) electrons. The van der Waals surface area contributed by atoms with Crippen LogP contribution in [-0.2, 0) is 11.3 Å². The van der Waals surface area contributed by atoms with E-state index >= 15 is 0 Å². The number of carbonyl (C=O) groups excluding carboxylic acids is 2. The standard InChI is InChI=1S/C26H32N4O5.BrH/c1-4-27-26(34)24-23(28-22(33)11-7-5-8-12-30-13-9-6-10-14-30)25(35-29-24)19-15-18(17(2)3)20(31)16-21(19)32;/h6,9-10,13-17H,4-5,7-8,11-12H2,1-3H3,(H3-,27,28,29,31,32,33,34);1H. The van der Waals surface area contributed by atoms with Gasteiger partial charge in [0.1, 0.15) is 23.7 Å². The normalized spacial score (nSPS) is 10.7. The number of halogens is 1. The summed E-state index contributed by atoms with van der Waals surface area (Å²) in [7, 11) is 0. The molecule has 194 valence electrons. The summed E-state index contributed by atoms with van der Waals surface area (Å²) in [5.41, 5.74) is 0.831. The molecule has 0 unspecified atom stereocenters. The van der Waals surface area contributed by atoms with Crippen molar-refractivity contribution in [3.8, 4) is 22.8 Å². The fraction of sp³-hybridized carbons (Fsp3) is 0.385. The van der Waals surface area contributed by atoms with E-state index in [-0.39, 0.29) is 69.4 Å². The van der Waals surface area contributed by atoms with Crippen molar-refractivity contribution in [3.63, 3.8) is 0 Å². The van der Waals surface area contributed by atoms with Gasteiger partial charge in [0.15, 0.2) is 23.8 Å². The Morgan fingerprint density at radius 3 is 2.44 bits per heavy atom. The second kappa shape index (κ2) is 13.6. The van der Waals surface area contributed by atoms with Gasteiger partial charge >= 0.3 is 0 Å². The first-order valence-electron chi connectivity index (χ1n) is 11.9. The van der Waals surface area contributed by atoms with Crippen LogP contribution in [0.15, 0.2) is 47.2 Å². The van der Waals surface area contributed by atoms with Crippen LogP contribution in [0.1, 0.15) is 68.4 Å². The van der Waals surface area contributed by atoms with E-state index < -0.39 is 5.91 Å². The molecule has 0 aliphatic rings. The van der Waals surface area contributed by atoms with Crippen LogP contribution in [0.2, 0.25) is 0 Å². The molecule has 9 nitrogen and oxygen atoms in total. The summed E-state index contributed by atoms with van der Waals surface area (Å²) in [4.78, 5) is 25.3. The lowest BCUT2D eigenvalue weighted by atomic mass is 9.97. The molecular formula is C26H33BrN4O5. The Kier molecular flexibility index (Phi) is 10.9. The zero-order valence-electron chi connectivity index (χ0n) is 20.8. The van der Waals surface area contributed by atoms with E-state index in [0.29, 0.717) is 18.5 Å². The highest BCUT2D eigenvalue weighted by molar-refractivity contribution is 6.05. The highest BCUT2D eigenvalue weighted by atomic mass is 79.9. The Morgan fingerprint density at radius 1 is 1.06 bits per heavy atom. The Morgan fingerprint density at radius 2 is 1.78 bits per heavy atom. The van der Waals surface area contributed by atoms with E-state index in [9.17, 15) is 19.8 Å². The summed E-state index contributed by atoms with van der Waals surface area (Å²) in [6.07, 6.45) is 6.75. The Hall–Kier alpha value is -3.40. The van der Waals surface area contributed by atoms with Crippen LogP contribution >= 0.6 is 0 Å². The third-order valence-corrected chi connectivity index (χ3v) is 5.62. The molecule has 2 amide bonds.